The molecule has 0 aliphatic rings. The Morgan fingerprint density at radius 3 is 2.56 bits per heavy atom. The third-order valence-electron chi connectivity index (χ3n) is 2.25. The fourth-order valence-corrected chi connectivity index (χ4v) is 2.35. The standard InChI is InChI=1S/C14H21NO2S/c1-9-6-7-11(15)8-12(9)18-10(2)13(16)17-14(3,4)5/h6-8,10H,15H2,1-5H3. The lowest BCUT2D eigenvalue weighted by Gasteiger charge is -2.22. The van der Waals surface area contributed by atoms with Crippen LogP contribution in [0.3, 0.4) is 0 Å². The second-order valence-electron chi connectivity index (χ2n) is 5.32. The summed E-state index contributed by atoms with van der Waals surface area (Å²) < 4.78 is 5.35. The van der Waals surface area contributed by atoms with Gasteiger partial charge in [-0.25, -0.2) is 0 Å². The molecule has 0 fully saturated rings. The maximum absolute atomic E-state index is 11.9. The summed E-state index contributed by atoms with van der Waals surface area (Å²) in [6.07, 6.45) is 0. The zero-order valence-electron chi connectivity index (χ0n) is 11.6. The van der Waals surface area contributed by atoms with E-state index in [4.69, 9.17) is 10.5 Å². The van der Waals surface area contributed by atoms with Crippen molar-refractivity contribution in [3.63, 3.8) is 0 Å². The minimum atomic E-state index is -0.448. The maximum Gasteiger partial charge on any atom is 0.319 e. The summed E-state index contributed by atoms with van der Waals surface area (Å²) in [6.45, 7) is 9.46. The van der Waals surface area contributed by atoms with Crippen molar-refractivity contribution in [1.29, 1.82) is 0 Å². The predicted octanol–water partition coefficient (Wildman–Crippen LogP) is 3.40. The van der Waals surface area contributed by atoms with Crippen LogP contribution in [0.25, 0.3) is 0 Å². The highest BCUT2D eigenvalue weighted by Gasteiger charge is 2.22. The van der Waals surface area contributed by atoms with Crippen LogP contribution in [0.2, 0.25) is 0 Å². The van der Waals surface area contributed by atoms with E-state index < -0.39 is 5.60 Å². The Morgan fingerprint density at radius 1 is 1.39 bits per heavy atom. The number of nitrogens with two attached hydrogens (primary N) is 1. The van der Waals surface area contributed by atoms with E-state index in [1.54, 1.807) is 0 Å². The van der Waals surface area contributed by atoms with Crippen LogP contribution in [-0.4, -0.2) is 16.8 Å². The molecule has 0 saturated carbocycles. The molecule has 0 heterocycles. The van der Waals surface area contributed by atoms with Crippen LogP contribution in [0.4, 0.5) is 5.69 Å². The van der Waals surface area contributed by atoms with Crippen LogP contribution in [0.15, 0.2) is 23.1 Å². The van der Waals surface area contributed by atoms with Crippen molar-refractivity contribution >= 4 is 23.4 Å². The van der Waals surface area contributed by atoms with E-state index >= 15 is 0 Å². The van der Waals surface area contributed by atoms with Crippen LogP contribution in [0.5, 0.6) is 0 Å². The number of carbonyl (C=O) groups excluding carboxylic acids is 1. The molecule has 1 atom stereocenters. The number of hydrogen-bond donors (Lipinski definition) is 1. The van der Waals surface area contributed by atoms with Crippen LogP contribution in [0.1, 0.15) is 33.3 Å². The number of nitrogen functional groups attached to an aromatic ring is 1. The van der Waals surface area contributed by atoms with E-state index in [-0.39, 0.29) is 11.2 Å². The minimum absolute atomic E-state index is 0.200. The van der Waals surface area contributed by atoms with Gasteiger partial charge in [0.1, 0.15) is 10.9 Å². The van der Waals surface area contributed by atoms with Crippen molar-refractivity contribution < 1.29 is 9.53 Å². The van der Waals surface area contributed by atoms with E-state index in [0.29, 0.717) is 5.69 Å². The third kappa shape index (κ3) is 4.61. The summed E-state index contributed by atoms with van der Waals surface area (Å²) in [4.78, 5) is 12.9. The van der Waals surface area contributed by atoms with Gasteiger partial charge in [-0.15, -0.1) is 11.8 Å². The molecule has 18 heavy (non-hydrogen) atoms. The average molecular weight is 267 g/mol. The zero-order chi connectivity index (χ0) is 13.9. The van der Waals surface area contributed by atoms with Crippen LogP contribution < -0.4 is 5.73 Å². The summed E-state index contributed by atoms with van der Waals surface area (Å²) in [7, 11) is 0. The normalized spacial score (nSPS) is 13.2. The number of ether oxygens (including phenoxy) is 1. The number of carbonyl (C=O) groups is 1. The van der Waals surface area contributed by atoms with E-state index in [1.807, 2.05) is 52.8 Å². The lowest BCUT2D eigenvalue weighted by molar-refractivity contribution is -0.153. The Labute approximate surface area is 113 Å². The quantitative estimate of drug-likeness (QED) is 0.518. The van der Waals surface area contributed by atoms with Gasteiger partial charge in [-0.3, -0.25) is 4.79 Å². The monoisotopic (exact) mass is 267 g/mol. The third-order valence-corrected chi connectivity index (χ3v) is 3.49. The number of hydrogen-bond acceptors (Lipinski definition) is 4. The molecule has 0 bridgehead atoms. The van der Waals surface area contributed by atoms with E-state index in [1.165, 1.54) is 11.8 Å². The van der Waals surface area contributed by atoms with Crippen molar-refractivity contribution in [2.75, 3.05) is 5.73 Å². The van der Waals surface area contributed by atoms with Gasteiger partial charge in [-0.2, -0.15) is 0 Å². The Morgan fingerprint density at radius 2 is 2.00 bits per heavy atom. The molecule has 3 nitrogen and oxygen atoms in total. The molecule has 4 heteroatoms. The number of benzene rings is 1. The fraction of sp³-hybridized carbons (Fsp3) is 0.500. The predicted molar refractivity (Wildman–Crippen MR) is 76.8 cm³/mol. The molecular formula is C14H21NO2S. The highest BCUT2D eigenvalue weighted by Crippen LogP contribution is 2.29. The molecule has 0 aromatic heterocycles. The Hall–Kier alpha value is -1.16. The van der Waals surface area contributed by atoms with Gasteiger partial charge in [-0.05, 0) is 52.3 Å². The molecule has 100 valence electrons. The Balaban J connectivity index is 2.72. The molecule has 0 aliphatic heterocycles. The van der Waals surface area contributed by atoms with Gasteiger partial charge in [0.15, 0.2) is 0 Å². The molecule has 0 spiro atoms. The van der Waals surface area contributed by atoms with Crippen molar-refractivity contribution in [2.24, 2.45) is 0 Å². The molecule has 1 aromatic carbocycles. The summed E-state index contributed by atoms with van der Waals surface area (Å²) in [5, 5.41) is -0.246. The van der Waals surface area contributed by atoms with Crippen molar-refractivity contribution in [3.8, 4) is 0 Å². The molecule has 1 rings (SSSR count). The van der Waals surface area contributed by atoms with Gasteiger partial charge >= 0.3 is 5.97 Å². The maximum atomic E-state index is 11.9. The Kier molecular flexibility index (Phi) is 4.68. The molecule has 0 aliphatic carbocycles. The van der Waals surface area contributed by atoms with Crippen molar-refractivity contribution in [1.82, 2.24) is 0 Å². The Bertz CT molecular complexity index is 438. The number of rotatable bonds is 3. The zero-order valence-corrected chi connectivity index (χ0v) is 12.4. The first kappa shape index (κ1) is 14.9. The number of aryl methyl sites for hydroxylation is 1. The van der Waals surface area contributed by atoms with Crippen molar-refractivity contribution in [2.45, 2.75) is 50.4 Å². The lowest BCUT2D eigenvalue weighted by Crippen LogP contribution is -2.28. The van der Waals surface area contributed by atoms with E-state index in [2.05, 4.69) is 0 Å². The summed E-state index contributed by atoms with van der Waals surface area (Å²) in [6, 6.07) is 5.71. The van der Waals surface area contributed by atoms with Crippen LogP contribution >= 0.6 is 11.8 Å². The van der Waals surface area contributed by atoms with Gasteiger partial charge in [0.05, 0.1) is 0 Å². The van der Waals surface area contributed by atoms with Gasteiger partial charge in [0.25, 0.3) is 0 Å². The first-order valence-electron chi connectivity index (χ1n) is 5.94. The molecule has 0 amide bonds. The first-order chi connectivity index (χ1) is 8.19. The SMILES string of the molecule is Cc1ccc(N)cc1SC(C)C(=O)OC(C)(C)C. The minimum Gasteiger partial charge on any atom is -0.459 e. The number of esters is 1. The molecular weight excluding hydrogens is 246 g/mol. The second kappa shape index (κ2) is 5.65. The molecule has 0 saturated heterocycles. The molecule has 0 radical (unpaired) electrons. The molecule has 1 unspecified atom stereocenters. The van der Waals surface area contributed by atoms with E-state index in [0.717, 1.165) is 10.5 Å². The second-order valence-corrected chi connectivity index (χ2v) is 6.70. The largest absolute Gasteiger partial charge is 0.459 e. The van der Waals surface area contributed by atoms with Gasteiger partial charge < -0.3 is 10.5 Å². The molecule has 1 aromatic rings. The van der Waals surface area contributed by atoms with Gasteiger partial charge in [0, 0.05) is 10.6 Å². The number of thioether (sulfide) groups is 1. The summed E-state index contributed by atoms with van der Waals surface area (Å²) in [5.74, 6) is -0.200. The number of anilines is 1. The first-order valence-corrected chi connectivity index (χ1v) is 6.82. The van der Waals surface area contributed by atoms with Gasteiger partial charge in [0.2, 0.25) is 0 Å². The summed E-state index contributed by atoms with van der Waals surface area (Å²) in [5.41, 5.74) is 7.13. The van der Waals surface area contributed by atoms with Crippen molar-refractivity contribution in [3.05, 3.63) is 23.8 Å². The fourth-order valence-electron chi connectivity index (χ4n) is 1.37. The highest BCUT2D eigenvalue weighted by molar-refractivity contribution is 8.00. The van der Waals surface area contributed by atoms with Crippen LogP contribution in [-0.2, 0) is 9.53 Å². The van der Waals surface area contributed by atoms with E-state index in [9.17, 15) is 4.79 Å². The lowest BCUT2D eigenvalue weighted by atomic mass is 10.2. The molecule has 2 N–H and O–H groups in total. The average Bonchev–Trinajstić information content (AvgIpc) is 2.21. The topological polar surface area (TPSA) is 52.3 Å². The highest BCUT2D eigenvalue weighted by atomic mass is 32.2. The van der Waals surface area contributed by atoms with Gasteiger partial charge in [-0.1, -0.05) is 6.07 Å². The smallest absolute Gasteiger partial charge is 0.319 e. The summed E-state index contributed by atoms with van der Waals surface area (Å²) >= 11 is 1.48. The van der Waals surface area contributed by atoms with Crippen LogP contribution in [0, 0.1) is 6.92 Å².